The fourth-order valence-electron chi connectivity index (χ4n) is 1.90. The van der Waals surface area contributed by atoms with Crippen molar-refractivity contribution < 1.29 is 9.53 Å². The summed E-state index contributed by atoms with van der Waals surface area (Å²) in [6.07, 6.45) is 0. The van der Waals surface area contributed by atoms with Crippen molar-refractivity contribution in [1.82, 2.24) is 5.32 Å². The lowest BCUT2D eigenvalue weighted by Gasteiger charge is -2.26. The molecule has 0 fully saturated rings. The summed E-state index contributed by atoms with van der Waals surface area (Å²) in [5, 5.41) is 3.26. The number of hydrogen-bond acceptors (Lipinski definition) is 3. The summed E-state index contributed by atoms with van der Waals surface area (Å²) in [4.78, 5) is 11.4. The highest BCUT2D eigenvalue weighted by molar-refractivity contribution is 5.75. The molecule has 0 saturated carbocycles. The number of carbonyl (C=O) groups is 1. The Balaban J connectivity index is 4.05. The van der Waals surface area contributed by atoms with E-state index in [4.69, 9.17) is 4.74 Å². The van der Waals surface area contributed by atoms with Crippen LogP contribution in [0.25, 0.3) is 0 Å². The quantitative estimate of drug-likeness (QED) is 0.681. The summed E-state index contributed by atoms with van der Waals surface area (Å²) in [6, 6.07) is -0.208. The number of carbonyl (C=O) groups excluding carboxylic acids is 1. The Kier molecular flexibility index (Phi) is 7.39. The minimum atomic E-state index is -0.208. The Bertz CT molecular complexity index is 194. The van der Waals surface area contributed by atoms with Gasteiger partial charge in [0.25, 0.3) is 0 Å². The Labute approximate surface area is 99.9 Å². The summed E-state index contributed by atoms with van der Waals surface area (Å²) in [6.45, 7) is 13.9. The van der Waals surface area contributed by atoms with E-state index in [0.717, 1.165) is 6.54 Å². The molecule has 0 aromatic heterocycles. The normalized spacial score (nSPS) is 13.6. The van der Waals surface area contributed by atoms with Crippen LogP contribution in [0.15, 0.2) is 0 Å². The number of ether oxygens (including phenoxy) is 1. The van der Waals surface area contributed by atoms with Gasteiger partial charge in [-0.1, -0.05) is 27.7 Å². The second-order valence-electron chi connectivity index (χ2n) is 5.03. The monoisotopic (exact) mass is 229 g/mol. The van der Waals surface area contributed by atoms with Gasteiger partial charge >= 0.3 is 5.97 Å². The van der Waals surface area contributed by atoms with Gasteiger partial charge in [0.1, 0.15) is 6.04 Å². The van der Waals surface area contributed by atoms with Crippen LogP contribution in [0.4, 0.5) is 0 Å². The van der Waals surface area contributed by atoms with Crippen LogP contribution in [0.3, 0.4) is 0 Å². The van der Waals surface area contributed by atoms with Gasteiger partial charge in [-0.25, -0.2) is 0 Å². The van der Waals surface area contributed by atoms with Gasteiger partial charge in [0.15, 0.2) is 0 Å². The van der Waals surface area contributed by atoms with Crippen LogP contribution in [0, 0.1) is 17.8 Å². The minimum absolute atomic E-state index is 0.159. The van der Waals surface area contributed by atoms with E-state index >= 15 is 0 Å². The maximum absolute atomic E-state index is 11.4. The first-order chi connectivity index (χ1) is 7.40. The van der Waals surface area contributed by atoms with Gasteiger partial charge in [0.05, 0.1) is 6.61 Å². The summed E-state index contributed by atoms with van der Waals surface area (Å²) in [5.41, 5.74) is 0. The lowest BCUT2D eigenvalue weighted by atomic mass is 9.85. The van der Waals surface area contributed by atoms with E-state index in [1.165, 1.54) is 0 Å². The maximum atomic E-state index is 11.4. The fourth-order valence-corrected chi connectivity index (χ4v) is 1.90. The topological polar surface area (TPSA) is 38.3 Å². The van der Waals surface area contributed by atoms with E-state index in [2.05, 4.69) is 33.0 Å². The molecule has 1 N–H and O–H groups in total. The molecule has 0 radical (unpaired) electrons. The molecule has 0 aliphatic heterocycles. The molecule has 0 rings (SSSR count). The van der Waals surface area contributed by atoms with E-state index in [1.807, 2.05) is 13.8 Å². The Morgan fingerprint density at radius 3 is 2.00 bits per heavy atom. The molecule has 16 heavy (non-hydrogen) atoms. The molecular formula is C13H27NO2. The third-order valence-electron chi connectivity index (χ3n) is 3.01. The molecule has 3 heteroatoms. The molecule has 0 aromatic rings. The summed E-state index contributed by atoms with van der Waals surface area (Å²) >= 11 is 0. The zero-order valence-corrected chi connectivity index (χ0v) is 11.5. The van der Waals surface area contributed by atoms with Crippen LogP contribution in [0.1, 0.15) is 41.5 Å². The molecule has 0 saturated heterocycles. The molecule has 0 heterocycles. The Morgan fingerprint density at radius 2 is 1.62 bits per heavy atom. The van der Waals surface area contributed by atoms with Crippen molar-refractivity contribution in [3.63, 3.8) is 0 Å². The van der Waals surface area contributed by atoms with Crippen molar-refractivity contribution in [2.75, 3.05) is 13.2 Å². The van der Waals surface area contributed by atoms with E-state index in [-0.39, 0.29) is 12.0 Å². The largest absolute Gasteiger partial charge is 0.465 e. The third kappa shape index (κ3) is 5.50. The average Bonchev–Trinajstić information content (AvgIpc) is 2.16. The summed E-state index contributed by atoms with van der Waals surface area (Å²) < 4.78 is 4.96. The maximum Gasteiger partial charge on any atom is 0.322 e. The number of esters is 1. The van der Waals surface area contributed by atoms with Gasteiger partial charge in [-0.3, -0.25) is 4.79 Å². The van der Waals surface area contributed by atoms with E-state index < -0.39 is 0 Å². The molecule has 0 aliphatic carbocycles. The van der Waals surface area contributed by atoms with Crippen LogP contribution < -0.4 is 5.32 Å². The second kappa shape index (κ2) is 7.66. The fraction of sp³-hybridized carbons (Fsp3) is 0.923. The van der Waals surface area contributed by atoms with Crippen molar-refractivity contribution >= 4 is 5.97 Å². The SMILES string of the molecule is CCOC(=O)C(C)NCC(C(C)C)C(C)C. The van der Waals surface area contributed by atoms with Gasteiger partial charge in [0, 0.05) is 0 Å². The Hall–Kier alpha value is -0.570. The van der Waals surface area contributed by atoms with Crippen molar-refractivity contribution in [3.05, 3.63) is 0 Å². The van der Waals surface area contributed by atoms with Crippen LogP contribution in [0.2, 0.25) is 0 Å². The summed E-state index contributed by atoms with van der Waals surface area (Å²) in [5.74, 6) is 1.69. The number of hydrogen-bond donors (Lipinski definition) is 1. The van der Waals surface area contributed by atoms with Gasteiger partial charge < -0.3 is 10.1 Å². The molecule has 3 nitrogen and oxygen atoms in total. The lowest BCUT2D eigenvalue weighted by Crippen LogP contribution is -2.40. The molecule has 1 atom stereocenters. The number of rotatable bonds is 7. The predicted molar refractivity (Wildman–Crippen MR) is 67.3 cm³/mol. The molecule has 0 bridgehead atoms. The van der Waals surface area contributed by atoms with Crippen LogP contribution in [0.5, 0.6) is 0 Å². The Morgan fingerprint density at radius 1 is 1.12 bits per heavy atom. The predicted octanol–water partition coefficient (Wildman–Crippen LogP) is 2.46. The molecule has 96 valence electrons. The first kappa shape index (κ1) is 15.4. The smallest absolute Gasteiger partial charge is 0.322 e. The second-order valence-corrected chi connectivity index (χ2v) is 5.03. The van der Waals surface area contributed by atoms with Gasteiger partial charge in [-0.2, -0.15) is 0 Å². The first-order valence-electron chi connectivity index (χ1n) is 6.30. The highest BCUT2D eigenvalue weighted by atomic mass is 16.5. The molecule has 1 unspecified atom stereocenters. The first-order valence-corrected chi connectivity index (χ1v) is 6.30. The van der Waals surface area contributed by atoms with Crippen molar-refractivity contribution in [3.8, 4) is 0 Å². The van der Waals surface area contributed by atoms with Crippen LogP contribution in [-0.2, 0) is 9.53 Å². The van der Waals surface area contributed by atoms with E-state index in [1.54, 1.807) is 0 Å². The molecule has 0 aromatic carbocycles. The van der Waals surface area contributed by atoms with E-state index in [0.29, 0.717) is 24.4 Å². The highest BCUT2D eigenvalue weighted by Crippen LogP contribution is 2.19. The number of nitrogens with one attached hydrogen (secondary N) is 1. The standard InChI is InChI=1S/C13H27NO2/c1-7-16-13(15)11(6)14-8-12(9(2)3)10(4)5/h9-12,14H,7-8H2,1-6H3. The van der Waals surface area contributed by atoms with Crippen molar-refractivity contribution in [1.29, 1.82) is 0 Å². The van der Waals surface area contributed by atoms with Crippen molar-refractivity contribution in [2.45, 2.75) is 47.6 Å². The van der Waals surface area contributed by atoms with Gasteiger partial charge in [-0.05, 0) is 38.1 Å². The minimum Gasteiger partial charge on any atom is -0.465 e. The summed E-state index contributed by atoms with van der Waals surface area (Å²) in [7, 11) is 0. The molecular weight excluding hydrogens is 202 g/mol. The molecule has 0 aliphatic rings. The lowest BCUT2D eigenvalue weighted by molar-refractivity contribution is -0.145. The van der Waals surface area contributed by atoms with Crippen LogP contribution >= 0.6 is 0 Å². The van der Waals surface area contributed by atoms with E-state index in [9.17, 15) is 4.79 Å². The third-order valence-corrected chi connectivity index (χ3v) is 3.01. The van der Waals surface area contributed by atoms with Gasteiger partial charge in [-0.15, -0.1) is 0 Å². The van der Waals surface area contributed by atoms with Crippen molar-refractivity contribution in [2.24, 2.45) is 17.8 Å². The van der Waals surface area contributed by atoms with Crippen LogP contribution in [-0.4, -0.2) is 25.2 Å². The average molecular weight is 229 g/mol. The molecule has 0 amide bonds. The zero-order chi connectivity index (χ0) is 12.7. The highest BCUT2D eigenvalue weighted by Gasteiger charge is 2.20. The molecule has 0 spiro atoms. The van der Waals surface area contributed by atoms with Gasteiger partial charge in [0.2, 0.25) is 0 Å². The zero-order valence-electron chi connectivity index (χ0n) is 11.5.